The number of carbonyl (C=O) groups excluding carboxylic acids is 1. The number of nitrogens with two attached hydrogens (primary N) is 1. The molecule has 21 heavy (non-hydrogen) atoms. The number of aryl methyl sites for hydroxylation is 2. The van der Waals surface area contributed by atoms with Crippen LogP contribution in [-0.4, -0.2) is 40.1 Å². The van der Waals surface area contributed by atoms with Gasteiger partial charge in [-0.05, 0) is 39.2 Å². The maximum atomic E-state index is 13.0. The summed E-state index contributed by atoms with van der Waals surface area (Å²) in [4.78, 5) is 19.2. The topological polar surface area (TPSA) is 85.2 Å². The zero-order valence-electron chi connectivity index (χ0n) is 12.4. The monoisotopic (exact) mass is 288 g/mol. The summed E-state index contributed by atoms with van der Waals surface area (Å²) >= 11 is 0. The molecule has 0 radical (unpaired) electrons. The van der Waals surface area contributed by atoms with Gasteiger partial charge in [-0.25, -0.2) is 4.98 Å². The molecule has 112 valence electrons. The Labute approximate surface area is 123 Å². The number of likely N-dealkylation sites (tertiary alicyclic amines) is 1. The van der Waals surface area contributed by atoms with Gasteiger partial charge in [-0.2, -0.15) is 0 Å². The number of amides is 1. The van der Waals surface area contributed by atoms with Gasteiger partial charge < -0.3 is 15.2 Å². The second-order valence-corrected chi connectivity index (χ2v) is 5.64. The Morgan fingerprint density at radius 3 is 3.05 bits per heavy atom. The summed E-state index contributed by atoms with van der Waals surface area (Å²) in [5, 5.41) is 4.65. The van der Waals surface area contributed by atoms with E-state index in [1.165, 1.54) is 0 Å². The first-order valence-corrected chi connectivity index (χ1v) is 7.36. The van der Waals surface area contributed by atoms with Crippen LogP contribution < -0.4 is 5.73 Å². The largest absolute Gasteiger partial charge is 0.336 e. The highest BCUT2D eigenvalue weighted by atomic mass is 16.5. The molecule has 1 atom stereocenters. The number of piperidine rings is 1. The number of hydrogen-bond donors (Lipinski definition) is 1. The Morgan fingerprint density at radius 2 is 2.29 bits per heavy atom. The van der Waals surface area contributed by atoms with E-state index in [1.54, 1.807) is 0 Å². The van der Waals surface area contributed by atoms with E-state index < -0.39 is 0 Å². The van der Waals surface area contributed by atoms with Crippen LogP contribution in [0.3, 0.4) is 0 Å². The molecule has 6 heteroatoms. The molecule has 0 aliphatic carbocycles. The molecular formula is C15H20N4O2. The lowest BCUT2D eigenvalue weighted by atomic mass is 10.00. The molecule has 1 unspecified atom stereocenters. The molecule has 6 nitrogen and oxygen atoms in total. The molecule has 3 rings (SSSR count). The Balaban J connectivity index is 2.06. The van der Waals surface area contributed by atoms with Gasteiger partial charge >= 0.3 is 0 Å². The minimum Gasteiger partial charge on any atom is -0.336 e. The van der Waals surface area contributed by atoms with Crippen LogP contribution in [0.4, 0.5) is 0 Å². The SMILES string of the molecule is Cc1cc(C(=O)N2CCCCC2CN)c2c(C)noc2n1. The second-order valence-electron chi connectivity index (χ2n) is 5.64. The van der Waals surface area contributed by atoms with E-state index in [4.69, 9.17) is 10.3 Å². The van der Waals surface area contributed by atoms with Crippen LogP contribution in [0.25, 0.3) is 11.1 Å². The molecule has 1 fully saturated rings. The van der Waals surface area contributed by atoms with E-state index in [1.807, 2.05) is 24.8 Å². The van der Waals surface area contributed by atoms with Crippen LogP contribution in [0.1, 0.15) is 41.0 Å². The van der Waals surface area contributed by atoms with Gasteiger partial charge in [0.1, 0.15) is 0 Å². The van der Waals surface area contributed by atoms with Gasteiger partial charge in [-0.1, -0.05) is 5.16 Å². The van der Waals surface area contributed by atoms with E-state index in [0.717, 1.165) is 31.5 Å². The Morgan fingerprint density at radius 1 is 1.48 bits per heavy atom. The number of fused-ring (bicyclic) bond motifs is 1. The van der Waals surface area contributed by atoms with Crippen molar-refractivity contribution in [1.29, 1.82) is 0 Å². The van der Waals surface area contributed by atoms with E-state index in [9.17, 15) is 4.79 Å². The van der Waals surface area contributed by atoms with Gasteiger partial charge in [0.05, 0.1) is 16.6 Å². The van der Waals surface area contributed by atoms with Crippen LogP contribution in [0.2, 0.25) is 0 Å². The van der Waals surface area contributed by atoms with E-state index in [2.05, 4.69) is 10.1 Å². The third kappa shape index (κ3) is 2.40. The van der Waals surface area contributed by atoms with Crippen molar-refractivity contribution in [2.24, 2.45) is 5.73 Å². The molecule has 1 aliphatic rings. The summed E-state index contributed by atoms with van der Waals surface area (Å²) in [6, 6.07) is 1.94. The standard InChI is InChI=1S/C15H20N4O2/c1-9-7-12(13-10(2)18-21-14(13)17-9)15(20)19-6-4-3-5-11(19)8-16/h7,11H,3-6,8,16H2,1-2H3. The van der Waals surface area contributed by atoms with Crippen molar-refractivity contribution in [3.05, 3.63) is 23.0 Å². The smallest absolute Gasteiger partial charge is 0.258 e. The van der Waals surface area contributed by atoms with Crippen molar-refractivity contribution < 1.29 is 9.32 Å². The fraction of sp³-hybridized carbons (Fsp3) is 0.533. The first kappa shape index (κ1) is 14.0. The lowest BCUT2D eigenvalue weighted by Gasteiger charge is -2.35. The zero-order chi connectivity index (χ0) is 15.0. The lowest BCUT2D eigenvalue weighted by Crippen LogP contribution is -2.47. The summed E-state index contributed by atoms with van der Waals surface area (Å²) in [6.45, 7) is 4.94. The normalized spacial score (nSPS) is 19.2. The fourth-order valence-electron chi connectivity index (χ4n) is 3.05. The summed E-state index contributed by atoms with van der Waals surface area (Å²) in [5.74, 6) is 0.00644. The number of pyridine rings is 1. The van der Waals surface area contributed by atoms with E-state index in [0.29, 0.717) is 28.9 Å². The maximum Gasteiger partial charge on any atom is 0.258 e. The molecule has 2 aromatic rings. The Bertz CT molecular complexity index is 680. The van der Waals surface area contributed by atoms with E-state index in [-0.39, 0.29) is 11.9 Å². The second kappa shape index (κ2) is 5.44. The highest BCUT2D eigenvalue weighted by Crippen LogP contribution is 2.26. The molecule has 1 aliphatic heterocycles. The highest BCUT2D eigenvalue weighted by molar-refractivity contribution is 6.06. The third-order valence-electron chi connectivity index (χ3n) is 4.14. The van der Waals surface area contributed by atoms with Gasteiger partial charge in [0.2, 0.25) is 0 Å². The number of nitrogens with zero attached hydrogens (tertiary/aromatic N) is 3. The molecule has 1 saturated heterocycles. The molecule has 0 bridgehead atoms. The molecule has 2 aromatic heterocycles. The average Bonchev–Trinajstić information content (AvgIpc) is 2.86. The zero-order valence-corrected chi connectivity index (χ0v) is 12.4. The summed E-state index contributed by atoms with van der Waals surface area (Å²) in [7, 11) is 0. The average molecular weight is 288 g/mol. The van der Waals surface area contributed by atoms with Crippen molar-refractivity contribution in [3.8, 4) is 0 Å². The van der Waals surface area contributed by atoms with E-state index >= 15 is 0 Å². The van der Waals surface area contributed by atoms with Crippen molar-refractivity contribution in [2.75, 3.05) is 13.1 Å². The Hall–Kier alpha value is -1.95. The first-order chi connectivity index (χ1) is 10.1. The predicted octanol–water partition coefficient (Wildman–Crippen LogP) is 1.79. The van der Waals surface area contributed by atoms with Crippen LogP contribution >= 0.6 is 0 Å². The minimum atomic E-state index is 0.00644. The highest BCUT2D eigenvalue weighted by Gasteiger charge is 2.29. The van der Waals surface area contributed by atoms with Crippen LogP contribution in [-0.2, 0) is 0 Å². The fourth-order valence-corrected chi connectivity index (χ4v) is 3.05. The molecule has 0 aromatic carbocycles. The summed E-state index contributed by atoms with van der Waals surface area (Å²) in [6.07, 6.45) is 3.12. The van der Waals surface area contributed by atoms with Gasteiger partial charge in [0, 0.05) is 24.8 Å². The summed E-state index contributed by atoms with van der Waals surface area (Å²) in [5.41, 5.74) is 8.32. The molecule has 3 heterocycles. The number of carbonyl (C=O) groups is 1. The van der Waals surface area contributed by atoms with Crippen LogP contribution in [0.5, 0.6) is 0 Å². The summed E-state index contributed by atoms with van der Waals surface area (Å²) < 4.78 is 5.20. The van der Waals surface area contributed by atoms with Crippen molar-refractivity contribution >= 4 is 17.0 Å². The molecule has 2 N–H and O–H groups in total. The first-order valence-electron chi connectivity index (χ1n) is 7.36. The Kier molecular flexibility index (Phi) is 3.63. The number of aromatic nitrogens is 2. The van der Waals surface area contributed by atoms with Gasteiger partial charge in [-0.15, -0.1) is 0 Å². The molecule has 1 amide bonds. The molecule has 0 saturated carbocycles. The van der Waals surface area contributed by atoms with Crippen LogP contribution in [0, 0.1) is 13.8 Å². The van der Waals surface area contributed by atoms with Gasteiger partial charge in [-0.3, -0.25) is 4.79 Å². The van der Waals surface area contributed by atoms with Gasteiger partial charge in [0.25, 0.3) is 11.6 Å². The van der Waals surface area contributed by atoms with Gasteiger partial charge in [0.15, 0.2) is 0 Å². The molecular weight excluding hydrogens is 268 g/mol. The maximum absolute atomic E-state index is 13.0. The van der Waals surface area contributed by atoms with Crippen molar-refractivity contribution in [1.82, 2.24) is 15.0 Å². The lowest BCUT2D eigenvalue weighted by molar-refractivity contribution is 0.0625. The number of hydrogen-bond acceptors (Lipinski definition) is 5. The van der Waals surface area contributed by atoms with Crippen LogP contribution in [0.15, 0.2) is 10.6 Å². The molecule has 0 spiro atoms. The van der Waals surface area contributed by atoms with Crippen molar-refractivity contribution in [2.45, 2.75) is 39.2 Å². The quantitative estimate of drug-likeness (QED) is 0.910. The predicted molar refractivity (Wildman–Crippen MR) is 79.0 cm³/mol. The number of rotatable bonds is 2. The van der Waals surface area contributed by atoms with Crippen molar-refractivity contribution in [3.63, 3.8) is 0 Å². The minimum absolute atomic E-state index is 0.00644. The third-order valence-corrected chi connectivity index (χ3v) is 4.14.